The van der Waals surface area contributed by atoms with E-state index < -0.39 is 5.91 Å². The van der Waals surface area contributed by atoms with Gasteiger partial charge in [-0.25, -0.2) is 5.48 Å². The molecule has 2 rings (SSSR count). The number of hydrogen-bond acceptors (Lipinski definition) is 3. The van der Waals surface area contributed by atoms with Crippen LogP contribution in [0.1, 0.15) is 17.3 Å². The van der Waals surface area contributed by atoms with Crippen LogP contribution >= 0.6 is 11.6 Å². The number of carbonyl (C=O) groups excluding carboxylic acids is 1. The molecule has 0 aromatic heterocycles. The lowest BCUT2D eigenvalue weighted by Gasteiger charge is -2.10. The lowest BCUT2D eigenvalue weighted by molar-refractivity contribution is 0.0362. The minimum absolute atomic E-state index is 0.0739. The summed E-state index contributed by atoms with van der Waals surface area (Å²) in [5.41, 5.74) is 3.96. The average Bonchev–Trinajstić information content (AvgIpc) is 2.48. The van der Waals surface area contributed by atoms with Crippen LogP contribution in [0.15, 0.2) is 42.5 Å². The van der Waals surface area contributed by atoms with E-state index in [9.17, 15) is 9.90 Å². The van der Waals surface area contributed by atoms with Gasteiger partial charge in [0.25, 0.3) is 5.91 Å². The number of phenols is 1. The fourth-order valence-corrected chi connectivity index (χ4v) is 1.98. The second-order valence-corrected chi connectivity index (χ2v) is 4.49. The maximum atomic E-state index is 11.9. The molecule has 0 spiro atoms. The lowest BCUT2D eigenvalue weighted by Crippen LogP contribution is -2.23. The molecule has 0 saturated carbocycles. The first-order valence-electron chi connectivity index (χ1n) is 6.13. The molecule has 0 aliphatic carbocycles. The van der Waals surface area contributed by atoms with Crippen molar-refractivity contribution in [1.82, 2.24) is 5.48 Å². The van der Waals surface area contributed by atoms with E-state index >= 15 is 0 Å². The van der Waals surface area contributed by atoms with Crippen LogP contribution in [-0.2, 0) is 4.84 Å². The number of amides is 1. The van der Waals surface area contributed by atoms with Gasteiger partial charge in [0.2, 0.25) is 0 Å². The van der Waals surface area contributed by atoms with E-state index in [1.54, 1.807) is 19.1 Å². The molecule has 0 aliphatic rings. The molecule has 0 heterocycles. The largest absolute Gasteiger partial charge is 0.506 e. The highest BCUT2D eigenvalue weighted by Gasteiger charge is 2.16. The van der Waals surface area contributed by atoms with Gasteiger partial charge >= 0.3 is 0 Å². The third kappa shape index (κ3) is 3.10. The highest BCUT2D eigenvalue weighted by molar-refractivity contribution is 6.33. The Hall–Kier alpha value is -2.04. The van der Waals surface area contributed by atoms with E-state index in [2.05, 4.69) is 5.48 Å². The quantitative estimate of drug-likeness (QED) is 0.849. The first kappa shape index (κ1) is 14.4. The van der Waals surface area contributed by atoms with E-state index in [1.165, 1.54) is 0 Å². The van der Waals surface area contributed by atoms with Gasteiger partial charge in [-0.3, -0.25) is 9.63 Å². The predicted molar refractivity (Wildman–Crippen MR) is 77.6 cm³/mol. The molecule has 0 saturated heterocycles. The first-order chi connectivity index (χ1) is 9.63. The molecule has 104 valence electrons. The minimum atomic E-state index is -0.538. The number of benzene rings is 2. The van der Waals surface area contributed by atoms with E-state index in [4.69, 9.17) is 16.4 Å². The van der Waals surface area contributed by atoms with Crippen molar-refractivity contribution in [3.05, 3.63) is 53.1 Å². The number of nitrogens with one attached hydrogen (secondary N) is 1. The highest BCUT2D eigenvalue weighted by Crippen LogP contribution is 2.33. The smallest absolute Gasteiger partial charge is 0.278 e. The Bertz CT molecular complexity index is 614. The van der Waals surface area contributed by atoms with Gasteiger partial charge in [-0.1, -0.05) is 41.9 Å². The number of hydrogen-bond donors (Lipinski definition) is 2. The molecule has 0 bridgehead atoms. The summed E-state index contributed by atoms with van der Waals surface area (Å²) in [6.07, 6.45) is 0. The summed E-state index contributed by atoms with van der Waals surface area (Å²) in [6.45, 7) is 2.08. The van der Waals surface area contributed by atoms with Gasteiger partial charge in [0, 0.05) is 0 Å². The maximum Gasteiger partial charge on any atom is 0.278 e. The van der Waals surface area contributed by atoms with Gasteiger partial charge in [-0.2, -0.15) is 0 Å². The van der Waals surface area contributed by atoms with Crippen LogP contribution in [0.4, 0.5) is 0 Å². The zero-order valence-electron chi connectivity index (χ0n) is 10.9. The van der Waals surface area contributed by atoms with Crippen molar-refractivity contribution in [3.8, 4) is 16.9 Å². The molecule has 0 unspecified atom stereocenters. The Labute approximate surface area is 121 Å². The van der Waals surface area contributed by atoms with E-state index in [0.29, 0.717) is 6.61 Å². The molecule has 2 N–H and O–H groups in total. The molecule has 1 amide bonds. The second kappa shape index (κ2) is 6.41. The fourth-order valence-electron chi connectivity index (χ4n) is 1.76. The Morgan fingerprint density at radius 3 is 2.60 bits per heavy atom. The molecule has 0 aliphatic heterocycles. The molecule has 2 aromatic carbocycles. The lowest BCUT2D eigenvalue weighted by atomic mass is 10.0. The third-order valence-electron chi connectivity index (χ3n) is 2.72. The number of rotatable bonds is 4. The third-order valence-corrected chi connectivity index (χ3v) is 3.01. The maximum absolute atomic E-state index is 11.9. The van der Waals surface area contributed by atoms with Crippen molar-refractivity contribution < 1.29 is 14.7 Å². The van der Waals surface area contributed by atoms with Crippen molar-refractivity contribution in [2.75, 3.05) is 6.61 Å². The topological polar surface area (TPSA) is 58.6 Å². The Morgan fingerprint density at radius 1 is 1.25 bits per heavy atom. The summed E-state index contributed by atoms with van der Waals surface area (Å²) in [5.74, 6) is -0.799. The monoisotopic (exact) mass is 291 g/mol. The SMILES string of the molecule is CCONC(=O)c1cc(-c2ccccc2)cc(Cl)c1O. The number of phenolic OH excluding ortho intramolecular Hbond substituents is 1. The minimum Gasteiger partial charge on any atom is -0.506 e. The Morgan fingerprint density at radius 2 is 1.95 bits per heavy atom. The number of hydroxylamine groups is 1. The Balaban J connectivity index is 2.42. The molecular formula is C15H14ClNO3. The van der Waals surface area contributed by atoms with Crippen LogP contribution in [0.2, 0.25) is 5.02 Å². The van der Waals surface area contributed by atoms with Gasteiger partial charge in [0.15, 0.2) is 0 Å². The molecule has 0 atom stereocenters. The zero-order chi connectivity index (χ0) is 14.5. The highest BCUT2D eigenvalue weighted by atomic mass is 35.5. The summed E-state index contributed by atoms with van der Waals surface area (Å²) >= 11 is 5.98. The van der Waals surface area contributed by atoms with Crippen LogP contribution in [-0.4, -0.2) is 17.6 Å². The normalized spacial score (nSPS) is 10.3. The number of aromatic hydroxyl groups is 1. The number of carbonyl (C=O) groups is 1. The summed E-state index contributed by atoms with van der Waals surface area (Å²) in [4.78, 5) is 16.7. The van der Waals surface area contributed by atoms with Gasteiger partial charge in [-0.05, 0) is 30.2 Å². The van der Waals surface area contributed by atoms with Crippen molar-refractivity contribution >= 4 is 17.5 Å². The second-order valence-electron chi connectivity index (χ2n) is 4.08. The number of halogens is 1. The Kier molecular flexibility index (Phi) is 4.61. The van der Waals surface area contributed by atoms with E-state index in [0.717, 1.165) is 11.1 Å². The van der Waals surface area contributed by atoms with Gasteiger partial charge in [-0.15, -0.1) is 0 Å². The van der Waals surface area contributed by atoms with Crippen molar-refractivity contribution in [3.63, 3.8) is 0 Å². The van der Waals surface area contributed by atoms with Gasteiger partial charge < -0.3 is 5.11 Å². The van der Waals surface area contributed by atoms with Crippen LogP contribution in [0, 0.1) is 0 Å². The fraction of sp³-hybridized carbons (Fsp3) is 0.133. The zero-order valence-corrected chi connectivity index (χ0v) is 11.6. The standard InChI is InChI=1S/C15H14ClNO3/c1-2-20-17-15(19)12-8-11(9-13(16)14(12)18)10-6-4-3-5-7-10/h3-9,18H,2H2,1H3,(H,17,19). The van der Waals surface area contributed by atoms with Crippen molar-refractivity contribution in [2.45, 2.75) is 6.92 Å². The van der Waals surface area contributed by atoms with Crippen molar-refractivity contribution in [2.24, 2.45) is 0 Å². The average molecular weight is 292 g/mol. The van der Waals surface area contributed by atoms with Crippen molar-refractivity contribution in [1.29, 1.82) is 0 Å². The summed E-state index contributed by atoms with van der Waals surface area (Å²) < 4.78 is 0. The molecule has 0 radical (unpaired) electrons. The van der Waals surface area contributed by atoms with Crippen LogP contribution in [0.3, 0.4) is 0 Å². The predicted octanol–water partition coefficient (Wildman–Crippen LogP) is 3.39. The van der Waals surface area contributed by atoms with Gasteiger partial charge in [0.05, 0.1) is 17.2 Å². The van der Waals surface area contributed by atoms with Gasteiger partial charge in [0.1, 0.15) is 5.75 Å². The molecular weight excluding hydrogens is 278 g/mol. The first-order valence-corrected chi connectivity index (χ1v) is 6.51. The van der Waals surface area contributed by atoms with Crippen LogP contribution in [0.5, 0.6) is 5.75 Å². The molecule has 2 aromatic rings. The molecule has 20 heavy (non-hydrogen) atoms. The van der Waals surface area contributed by atoms with Crippen LogP contribution < -0.4 is 5.48 Å². The molecule has 5 heteroatoms. The molecule has 4 nitrogen and oxygen atoms in total. The van der Waals surface area contributed by atoms with E-state index in [1.807, 2.05) is 30.3 Å². The van der Waals surface area contributed by atoms with Crippen LogP contribution in [0.25, 0.3) is 11.1 Å². The summed E-state index contributed by atoms with van der Waals surface area (Å²) in [7, 11) is 0. The molecule has 0 fully saturated rings. The summed E-state index contributed by atoms with van der Waals surface area (Å²) in [6, 6.07) is 12.6. The van der Waals surface area contributed by atoms with E-state index in [-0.39, 0.29) is 16.3 Å². The summed E-state index contributed by atoms with van der Waals surface area (Å²) in [5, 5.41) is 10.0.